The van der Waals surface area contributed by atoms with E-state index in [4.69, 9.17) is 0 Å². The first kappa shape index (κ1) is 21.0. The van der Waals surface area contributed by atoms with Crippen molar-refractivity contribution >= 4 is 15.9 Å². The van der Waals surface area contributed by atoms with Crippen LogP contribution in [0.4, 0.5) is 0 Å². The number of likely N-dealkylation sites (N-methyl/N-ethyl adjacent to an activating group) is 1. The lowest BCUT2D eigenvalue weighted by atomic mass is 9.87. The molecule has 1 aliphatic carbocycles. The van der Waals surface area contributed by atoms with E-state index in [0.717, 1.165) is 32.4 Å². The highest BCUT2D eigenvalue weighted by Gasteiger charge is 2.26. The lowest BCUT2D eigenvalue weighted by Gasteiger charge is -2.31. The zero-order chi connectivity index (χ0) is 21.1. The fourth-order valence-electron chi connectivity index (χ4n) is 4.27. The molecule has 1 atom stereocenters. The smallest absolute Gasteiger partial charge is 0.251 e. The van der Waals surface area contributed by atoms with Crippen molar-refractivity contribution < 1.29 is 13.2 Å². The summed E-state index contributed by atoms with van der Waals surface area (Å²) in [5.74, 6) is -0.153. The van der Waals surface area contributed by atoms with Gasteiger partial charge in [0.1, 0.15) is 0 Å². The molecule has 2 aliphatic rings. The number of hydrogen-bond acceptors (Lipinski definition) is 4. The number of benzene rings is 2. The number of aryl methyl sites for hydroxylation is 1. The highest BCUT2D eigenvalue weighted by Crippen LogP contribution is 2.29. The fraction of sp³-hybridized carbons (Fsp3) is 0.435. The molecule has 0 radical (unpaired) electrons. The summed E-state index contributed by atoms with van der Waals surface area (Å²) in [7, 11) is -1.34. The van der Waals surface area contributed by atoms with Crippen LogP contribution in [0.1, 0.15) is 45.9 Å². The number of piperazine rings is 1. The molecule has 1 saturated heterocycles. The van der Waals surface area contributed by atoms with Gasteiger partial charge in [0, 0.05) is 31.7 Å². The average molecular weight is 428 g/mol. The van der Waals surface area contributed by atoms with Gasteiger partial charge in [0.25, 0.3) is 5.91 Å². The van der Waals surface area contributed by atoms with Crippen LogP contribution in [0.3, 0.4) is 0 Å². The van der Waals surface area contributed by atoms with Gasteiger partial charge in [-0.25, -0.2) is 8.42 Å². The number of sulfonamides is 1. The van der Waals surface area contributed by atoms with Crippen LogP contribution in [0, 0.1) is 0 Å². The van der Waals surface area contributed by atoms with Crippen LogP contribution in [0.25, 0.3) is 0 Å². The maximum atomic E-state index is 12.8. The van der Waals surface area contributed by atoms with Gasteiger partial charge in [0.15, 0.2) is 0 Å². The molecule has 0 spiro atoms. The maximum absolute atomic E-state index is 12.8. The minimum Gasteiger partial charge on any atom is -0.345 e. The minimum absolute atomic E-state index is 0.0275. The number of rotatable bonds is 5. The van der Waals surface area contributed by atoms with Crippen LogP contribution in [0.15, 0.2) is 48.5 Å². The van der Waals surface area contributed by atoms with Crippen molar-refractivity contribution in [2.24, 2.45) is 0 Å². The second kappa shape index (κ2) is 8.88. The second-order valence-corrected chi connectivity index (χ2v) is 10.2. The van der Waals surface area contributed by atoms with E-state index in [0.29, 0.717) is 24.2 Å². The topological polar surface area (TPSA) is 69.7 Å². The van der Waals surface area contributed by atoms with Crippen molar-refractivity contribution in [2.75, 3.05) is 33.2 Å². The molecule has 1 amide bonds. The van der Waals surface area contributed by atoms with E-state index in [-0.39, 0.29) is 17.7 Å². The molecule has 1 aliphatic heterocycles. The SMILES string of the molecule is CN1CCN(S(=O)(=O)Cc2ccc(C(=O)NC3CCCc4ccccc43)cc2)CC1. The van der Waals surface area contributed by atoms with Crippen molar-refractivity contribution in [3.63, 3.8) is 0 Å². The number of nitrogens with one attached hydrogen (secondary N) is 1. The van der Waals surface area contributed by atoms with E-state index in [1.807, 2.05) is 19.2 Å². The van der Waals surface area contributed by atoms with Gasteiger partial charge in [0.2, 0.25) is 10.0 Å². The molecule has 1 heterocycles. The third-order valence-electron chi connectivity index (χ3n) is 6.10. The molecule has 1 unspecified atom stereocenters. The van der Waals surface area contributed by atoms with Gasteiger partial charge in [-0.3, -0.25) is 4.79 Å². The van der Waals surface area contributed by atoms with Gasteiger partial charge in [-0.1, -0.05) is 36.4 Å². The van der Waals surface area contributed by atoms with E-state index in [2.05, 4.69) is 22.3 Å². The van der Waals surface area contributed by atoms with E-state index in [1.54, 1.807) is 28.6 Å². The zero-order valence-corrected chi connectivity index (χ0v) is 18.2. The Morgan fingerprint density at radius 1 is 1.03 bits per heavy atom. The molecule has 160 valence electrons. The van der Waals surface area contributed by atoms with Gasteiger partial charge in [0.05, 0.1) is 11.8 Å². The molecule has 0 aromatic heterocycles. The van der Waals surface area contributed by atoms with Crippen LogP contribution in [0.5, 0.6) is 0 Å². The largest absolute Gasteiger partial charge is 0.345 e. The zero-order valence-electron chi connectivity index (χ0n) is 17.4. The standard InChI is InChI=1S/C23H29N3O3S/c1-25-13-15-26(16-14-25)30(28,29)17-18-9-11-20(12-10-18)23(27)24-22-8-4-6-19-5-2-3-7-21(19)22/h2-3,5,7,9-12,22H,4,6,8,13-17H2,1H3,(H,24,27). The summed E-state index contributed by atoms with van der Waals surface area (Å²) in [5.41, 5.74) is 3.76. The van der Waals surface area contributed by atoms with Crippen molar-refractivity contribution in [3.05, 3.63) is 70.8 Å². The Morgan fingerprint density at radius 2 is 1.73 bits per heavy atom. The monoisotopic (exact) mass is 427 g/mol. The predicted molar refractivity (Wildman–Crippen MR) is 118 cm³/mol. The van der Waals surface area contributed by atoms with Crippen molar-refractivity contribution in [3.8, 4) is 0 Å². The van der Waals surface area contributed by atoms with Crippen molar-refractivity contribution in [1.82, 2.24) is 14.5 Å². The van der Waals surface area contributed by atoms with Crippen LogP contribution < -0.4 is 5.32 Å². The number of fused-ring (bicyclic) bond motifs is 1. The van der Waals surface area contributed by atoms with E-state index in [9.17, 15) is 13.2 Å². The van der Waals surface area contributed by atoms with Crippen LogP contribution >= 0.6 is 0 Å². The molecule has 7 heteroatoms. The van der Waals surface area contributed by atoms with Gasteiger partial charge in [-0.05, 0) is 55.1 Å². The Bertz CT molecular complexity index is 997. The number of carbonyl (C=O) groups excluding carboxylic acids is 1. The van der Waals surface area contributed by atoms with Crippen molar-refractivity contribution in [1.29, 1.82) is 0 Å². The summed E-state index contributed by atoms with van der Waals surface area (Å²) >= 11 is 0. The first-order chi connectivity index (χ1) is 14.4. The molecule has 30 heavy (non-hydrogen) atoms. The maximum Gasteiger partial charge on any atom is 0.251 e. The normalized spacial score (nSPS) is 20.5. The first-order valence-corrected chi connectivity index (χ1v) is 12.2. The summed E-state index contributed by atoms with van der Waals surface area (Å²) in [5, 5.41) is 3.14. The predicted octanol–water partition coefficient (Wildman–Crippen LogP) is 2.57. The molecule has 1 N–H and O–H groups in total. The molecule has 1 fully saturated rings. The highest BCUT2D eigenvalue weighted by molar-refractivity contribution is 7.88. The van der Waals surface area contributed by atoms with Gasteiger partial charge < -0.3 is 10.2 Å². The molecule has 0 saturated carbocycles. The third-order valence-corrected chi connectivity index (χ3v) is 7.95. The molecule has 0 bridgehead atoms. The van der Waals surface area contributed by atoms with Gasteiger partial charge in [-0.2, -0.15) is 4.31 Å². The van der Waals surface area contributed by atoms with Crippen LogP contribution in [-0.2, 0) is 22.2 Å². The number of amides is 1. The summed E-state index contributed by atoms with van der Waals surface area (Å²) in [6, 6.07) is 15.2. The average Bonchev–Trinajstić information content (AvgIpc) is 2.74. The number of nitrogens with zero attached hydrogens (tertiary/aromatic N) is 2. The molecular formula is C23H29N3O3S. The van der Waals surface area contributed by atoms with Crippen molar-refractivity contribution in [2.45, 2.75) is 31.1 Å². The Hall–Kier alpha value is -2.22. The summed E-state index contributed by atoms with van der Waals surface area (Å²) in [4.78, 5) is 14.9. The lowest BCUT2D eigenvalue weighted by Crippen LogP contribution is -2.47. The van der Waals surface area contributed by atoms with Crippen LogP contribution in [0.2, 0.25) is 0 Å². The summed E-state index contributed by atoms with van der Waals surface area (Å²) < 4.78 is 26.9. The fourth-order valence-corrected chi connectivity index (χ4v) is 5.78. The Labute approximate surface area is 178 Å². The Morgan fingerprint density at radius 3 is 2.47 bits per heavy atom. The third kappa shape index (κ3) is 4.74. The Balaban J connectivity index is 1.39. The van der Waals surface area contributed by atoms with E-state index in [1.165, 1.54) is 11.1 Å². The van der Waals surface area contributed by atoms with E-state index < -0.39 is 10.0 Å². The molecule has 4 rings (SSSR count). The van der Waals surface area contributed by atoms with E-state index >= 15 is 0 Å². The summed E-state index contributed by atoms with van der Waals surface area (Å²) in [6.07, 6.45) is 3.05. The molecule has 2 aromatic carbocycles. The number of carbonyl (C=O) groups is 1. The quantitative estimate of drug-likeness (QED) is 0.796. The minimum atomic E-state index is -3.34. The first-order valence-electron chi connectivity index (χ1n) is 10.6. The summed E-state index contributed by atoms with van der Waals surface area (Å²) in [6.45, 7) is 2.57. The molecule has 6 nitrogen and oxygen atoms in total. The Kier molecular flexibility index (Phi) is 6.22. The second-order valence-electron chi connectivity index (χ2n) is 8.27. The number of hydrogen-bond donors (Lipinski definition) is 1. The van der Waals surface area contributed by atoms with Crippen LogP contribution in [-0.4, -0.2) is 56.8 Å². The molecule has 2 aromatic rings. The molecular weight excluding hydrogens is 398 g/mol. The highest BCUT2D eigenvalue weighted by atomic mass is 32.2. The lowest BCUT2D eigenvalue weighted by molar-refractivity contribution is 0.0932. The van der Waals surface area contributed by atoms with Gasteiger partial charge >= 0.3 is 0 Å². The van der Waals surface area contributed by atoms with Gasteiger partial charge in [-0.15, -0.1) is 0 Å².